The zero-order chi connectivity index (χ0) is 12.7. The van der Waals surface area contributed by atoms with Gasteiger partial charge in [0.15, 0.2) is 5.78 Å². The van der Waals surface area contributed by atoms with Crippen molar-refractivity contribution in [3.63, 3.8) is 0 Å². The van der Waals surface area contributed by atoms with E-state index in [1.54, 1.807) is 11.8 Å². The van der Waals surface area contributed by atoms with Gasteiger partial charge >= 0.3 is 0 Å². The number of hydrogen-bond acceptors (Lipinski definition) is 5. The van der Waals surface area contributed by atoms with Gasteiger partial charge in [-0.1, -0.05) is 6.92 Å². The molecule has 0 aliphatic rings. The predicted molar refractivity (Wildman–Crippen MR) is 63.5 cm³/mol. The lowest BCUT2D eigenvalue weighted by atomic mass is 10.1. The molecule has 0 aromatic carbocycles. The Kier molecular flexibility index (Phi) is 5.79. The Labute approximate surface area is 101 Å². The van der Waals surface area contributed by atoms with Crippen LogP contribution in [0, 0.1) is 0 Å². The number of Topliss-reactive ketones (excluding diaryl/α,β-unsaturated/α-hetero) is 1. The molecule has 1 unspecified atom stereocenters. The number of aryl methyl sites for hydroxylation is 1. The number of carbonyl (C=O) groups is 1. The van der Waals surface area contributed by atoms with Gasteiger partial charge in [0.2, 0.25) is 0 Å². The summed E-state index contributed by atoms with van der Waals surface area (Å²) in [6.45, 7) is 3.32. The third kappa shape index (κ3) is 4.24. The van der Waals surface area contributed by atoms with Crippen LogP contribution in [0.4, 0.5) is 0 Å². The van der Waals surface area contributed by atoms with Gasteiger partial charge in [-0.2, -0.15) is 5.10 Å². The normalized spacial score (nSPS) is 12.6. The zero-order valence-electron chi connectivity index (χ0n) is 10.4. The molecule has 1 atom stereocenters. The molecule has 0 fully saturated rings. The van der Waals surface area contributed by atoms with Crippen molar-refractivity contribution in [2.75, 3.05) is 13.7 Å². The van der Waals surface area contributed by atoms with Crippen LogP contribution in [-0.4, -0.2) is 40.3 Å². The molecule has 0 spiro atoms. The van der Waals surface area contributed by atoms with Crippen LogP contribution in [0.1, 0.15) is 25.6 Å². The number of nitrogens with two attached hydrogens (primary N) is 1. The first-order valence-electron chi connectivity index (χ1n) is 5.83. The second kappa shape index (κ2) is 7.13. The van der Waals surface area contributed by atoms with E-state index in [0.29, 0.717) is 18.9 Å². The summed E-state index contributed by atoms with van der Waals surface area (Å²) in [5.74, 6) is 0.664. The number of aromatic nitrogens is 3. The summed E-state index contributed by atoms with van der Waals surface area (Å²) in [5, 5.41) is 4.07. The highest BCUT2D eigenvalue weighted by molar-refractivity contribution is 5.85. The van der Waals surface area contributed by atoms with Crippen LogP contribution in [0.15, 0.2) is 6.33 Å². The van der Waals surface area contributed by atoms with Gasteiger partial charge in [0.25, 0.3) is 0 Å². The fourth-order valence-corrected chi connectivity index (χ4v) is 1.52. The van der Waals surface area contributed by atoms with Crippen LogP contribution in [0.5, 0.6) is 0 Å². The Balaban J connectivity index is 2.52. The van der Waals surface area contributed by atoms with Gasteiger partial charge < -0.3 is 10.5 Å². The van der Waals surface area contributed by atoms with Gasteiger partial charge in [-0.3, -0.25) is 4.79 Å². The molecule has 6 heteroatoms. The van der Waals surface area contributed by atoms with Crippen LogP contribution >= 0.6 is 0 Å². The molecule has 17 heavy (non-hydrogen) atoms. The minimum Gasteiger partial charge on any atom is -0.385 e. The SMILES string of the molecule is CCCn1ncnc1CC(=O)C(N)CCOC. The number of rotatable bonds is 8. The maximum absolute atomic E-state index is 11.8. The van der Waals surface area contributed by atoms with Crippen LogP contribution in [0.3, 0.4) is 0 Å². The molecule has 1 aromatic heterocycles. The molecule has 0 aliphatic heterocycles. The molecule has 1 aromatic rings. The molecule has 0 bridgehead atoms. The fraction of sp³-hybridized carbons (Fsp3) is 0.727. The van der Waals surface area contributed by atoms with Gasteiger partial charge in [0.05, 0.1) is 12.5 Å². The van der Waals surface area contributed by atoms with E-state index in [0.717, 1.165) is 13.0 Å². The maximum atomic E-state index is 11.8. The van der Waals surface area contributed by atoms with E-state index in [1.807, 2.05) is 0 Å². The number of ether oxygens (including phenoxy) is 1. The van der Waals surface area contributed by atoms with Crippen molar-refractivity contribution in [1.29, 1.82) is 0 Å². The smallest absolute Gasteiger partial charge is 0.157 e. The predicted octanol–water partition coefficient (Wildman–Crippen LogP) is 0.164. The van der Waals surface area contributed by atoms with Crippen molar-refractivity contribution >= 4 is 5.78 Å². The highest BCUT2D eigenvalue weighted by Crippen LogP contribution is 2.01. The number of ketones is 1. The first-order chi connectivity index (χ1) is 8.19. The van der Waals surface area contributed by atoms with Crippen molar-refractivity contribution < 1.29 is 9.53 Å². The molecule has 0 radical (unpaired) electrons. The molecule has 1 rings (SSSR count). The lowest BCUT2D eigenvalue weighted by molar-refractivity contribution is -0.120. The van der Waals surface area contributed by atoms with Crippen LogP contribution in [0.2, 0.25) is 0 Å². The third-order valence-corrected chi connectivity index (χ3v) is 2.51. The quantitative estimate of drug-likeness (QED) is 0.700. The largest absolute Gasteiger partial charge is 0.385 e. The van der Waals surface area contributed by atoms with Crippen molar-refractivity contribution in [1.82, 2.24) is 14.8 Å². The van der Waals surface area contributed by atoms with Gasteiger partial charge in [-0.25, -0.2) is 9.67 Å². The second-order valence-corrected chi connectivity index (χ2v) is 3.93. The molecular formula is C11H20N4O2. The monoisotopic (exact) mass is 240 g/mol. The summed E-state index contributed by atoms with van der Waals surface area (Å²) in [6.07, 6.45) is 3.21. The Morgan fingerprint density at radius 2 is 2.41 bits per heavy atom. The number of carbonyl (C=O) groups excluding carboxylic acids is 1. The Hall–Kier alpha value is -1.27. The van der Waals surface area contributed by atoms with Gasteiger partial charge in [0.1, 0.15) is 12.2 Å². The number of hydrogen-bond donors (Lipinski definition) is 1. The number of nitrogens with zero attached hydrogens (tertiary/aromatic N) is 3. The van der Waals surface area contributed by atoms with Crippen molar-refractivity contribution in [3.05, 3.63) is 12.2 Å². The summed E-state index contributed by atoms with van der Waals surface area (Å²) >= 11 is 0. The average Bonchev–Trinajstić information content (AvgIpc) is 2.74. The molecule has 0 saturated heterocycles. The molecular weight excluding hydrogens is 220 g/mol. The zero-order valence-corrected chi connectivity index (χ0v) is 10.4. The Morgan fingerprint density at radius 3 is 3.06 bits per heavy atom. The van der Waals surface area contributed by atoms with E-state index in [1.165, 1.54) is 6.33 Å². The minimum absolute atomic E-state index is 0.0209. The van der Waals surface area contributed by atoms with Crippen LogP contribution in [0.25, 0.3) is 0 Å². The van der Waals surface area contributed by atoms with E-state index in [-0.39, 0.29) is 12.2 Å². The summed E-state index contributed by atoms with van der Waals surface area (Å²) in [4.78, 5) is 15.9. The maximum Gasteiger partial charge on any atom is 0.157 e. The molecule has 0 saturated carbocycles. The van der Waals surface area contributed by atoms with Crippen LogP contribution < -0.4 is 5.73 Å². The summed E-state index contributed by atoms with van der Waals surface area (Å²) in [7, 11) is 1.59. The summed E-state index contributed by atoms with van der Waals surface area (Å²) in [6, 6.07) is -0.485. The van der Waals surface area contributed by atoms with Crippen molar-refractivity contribution in [3.8, 4) is 0 Å². The van der Waals surface area contributed by atoms with Crippen molar-refractivity contribution in [2.45, 2.75) is 38.8 Å². The standard InChI is InChI=1S/C11H20N4O2/c1-3-5-15-11(13-8-14-15)7-10(16)9(12)4-6-17-2/h8-9H,3-7,12H2,1-2H3. The second-order valence-electron chi connectivity index (χ2n) is 3.93. The van der Waals surface area contributed by atoms with E-state index in [2.05, 4.69) is 17.0 Å². The van der Waals surface area contributed by atoms with Crippen molar-refractivity contribution in [2.24, 2.45) is 5.73 Å². The summed E-state index contributed by atoms with van der Waals surface area (Å²) in [5.41, 5.74) is 5.76. The van der Waals surface area contributed by atoms with Gasteiger partial charge in [-0.15, -0.1) is 0 Å². The van der Waals surface area contributed by atoms with Gasteiger partial charge in [0, 0.05) is 20.3 Å². The van der Waals surface area contributed by atoms with E-state index < -0.39 is 6.04 Å². The van der Waals surface area contributed by atoms with Gasteiger partial charge in [-0.05, 0) is 12.8 Å². The Morgan fingerprint density at radius 1 is 1.65 bits per heavy atom. The van der Waals surface area contributed by atoms with Crippen LogP contribution in [-0.2, 0) is 22.5 Å². The highest BCUT2D eigenvalue weighted by Gasteiger charge is 2.16. The lowest BCUT2D eigenvalue weighted by Crippen LogP contribution is -2.33. The highest BCUT2D eigenvalue weighted by atomic mass is 16.5. The molecule has 6 nitrogen and oxygen atoms in total. The fourth-order valence-electron chi connectivity index (χ4n) is 1.52. The molecule has 2 N–H and O–H groups in total. The summed E-state index contributed by atoms with van der Waals surface area (Å²) < 4.78 is 6.65. The minimum atomic E-state index is -0.485. The van der Waals surface area contributed by atoms with E-state index in [9.17, 15) is 4.79 Å². The first kappa shape index (κ1) is 13.8. The topological polar surface area (TPSA) is 83.0 Å². The average molecular weight is 240 g/mol. The molecule has 0 aliphatic carbocycles. The Bertz CT molecular complexity index is 351. The first-order valence-corrected chi connectivity index (χ1v) is 5.83. The van der Waals surface area contributed by atoms with E-state index in [4.69, 9.17) is 10.5 Å². The third-order valence-electron chi connectivity index (χ3n) is 2.51. The van der Waals surface area contributed by atoms with E-state index >= 15 is 0 Å². The molecule has 0 amide bonds. The molecule has 96 valence electrons. The lowest BCUT2D eigenvalue weighted by Gasteiger charge is -2.10. The molecule has 1 heterocycles. The number of methoxy groups -OCH3 is 1.